The van der Waals surface area contributed by atoms with Gasteiger partial charge in [-0.1, -0.05) is 26.3 Å². The predicted octanol–water partition coefficient (Wildman–Crippen LogP) is 0.641. The molecule has 6 bridgehead atoms. The first-order chi connectivity index (χ1) is 40.5. The number of nitrogens with zero attached hydrogens (tertiary/aromatic N) is 1. The fourth-order valence-corrected chi connectivity index (χ4v) is 12.8. The van der Waals surface area contributed by atoms with Crippen molar-refractivity contribution in [1.29, 1.82) is 5.26 Å². The van der Waals surface area contributed by atoms with Crippen molar-refractivity contribution in [3.8, 4) is 6.07 Å². The summed E-state index contributed by atoms with van der Waals surface area (Å²) in [5.41, 5.74) is -0.299. The van der Waals surface area contributed by atoms with Crippen LogP contribution in [-0.4, -0.2) is 183 Å². The monoisotopic (exact) mass is 1210 g/mol. The molecule has 20 unspecified atom stereocenters. The first-order valence-corrected chi connectivity index (χ1v) is 27.5. The summed E-state index contributed by atoms with van der Waals surface area (Å²) in [6.45, 7) is 20.9. The van der Waals surface area contributed by atoms with Crippen molar-refractivity contribution >= 4 is 71.6 Å². The van der Waals surface area contributed by atoms with Crippen molar-refractivity contribution in [2.45, 2.75) is 159 Å². The Morgan fingerprint density at radius 3 is 1.53 bits per heavy atom. The molecule has 20 atom stereocenters. The quantitative estimate of drug-likeness (QED) is 0.116. The van der Waals surface area contributed by atoms with Gasteiger partial charge in [-0.05, 0) is 73.6 Å². The number of nitriles is 1. The summed E-state index contributed by atoms with van der Waals surface area (Å²) in [4.78, 5) is 139. The second-order valence-corrected chi connectivity index (χ2v) is 23.2. The predicted molar refractivity (Wildman–Crippen MR) is 272 cm³/mol. The molecule has 8 aliphatic heterocycles. The van der Waals surface area contributed by atoms with Gasteiger partial charge in [0.05, 0.1) is 24.0 Å². The third-order valence-corrected chi connectivity index (χ3v) is 16.5. The zero-order chi connectivity index (χ0) is 62.6. The van der Waals surface area contributed by atoms with Crippen LogP contribution in [0.1, 0.15) is 73.6 Å². The van der Waals surface area contributed by atoms with Crippen molar-refractivity contribution in [2.75, 3.05) is 26.4 Å². The molecule has 0 radical (unpaired) electrons. The van der Waals surface area contributed by atoms with Gasteiger partial charge in [-0.15, -0.1) is 0 Å². The van der Waals surface area contributed by atoms with Gasteiger partial charge in [0.1, 0.15) is 36.6 Å². The average Bonchev–Trinajstić information content (AvgIpc) is 1.59. The summed E-state index contributed by atoms with van der Waals surface area (Å²) < 4.78 is 82.9. The van der Waals surface area contributed by atoms with Gasteiger partial charge in [0.15, 0.2) is 68.3 Å². The molecule has 4 aliphatic carbocycles. The van der Waals surface area contributed by atoms with Crippen LogP contribution in [0.4, 0.5) is 0 Å². The molecule has 86 heavy (non-hydrogen) atoms. The van der Waals surface area contributed by atoms with Gasteiger partial charge >= 0.3 is 71.6 Å². The lowest BCUT2D eigenvalue weighted by Gasteiger charge is -2.27. The zero-order valence-corrected chi connectivity index (χ0v) is 47.5. The SMILES string of the molecule is C=C(C)C(=O)OCC(=O)OC1C(=O)OC2C3OC(C)(C)OC3OC12.C=C(C)C(=O)OCC(=O)OC1C2CC3C(=O)OC1C3C2.C=C(C)C(=O)OCC(=O)OC1C2CC3C(=O)OC1C3O2.C=C(C)C(=O)OCC(=O)OC1C2CC3C1OC(=O)C3(C#N)C2. The van der Waals surface area contributed by atoms with E-state index in [0.29, 0.717) is 19.3 Å². The van der Waals surface area contributed by atoms with Gasteiger partial charge in [-0.3, -0.25) is 14.4 Å². The standard InChI is InChI=1S/C15H15NO6.C15H18O9.C14H16O6.C13H14O7/c1-7(2)13(18)20-5-10(17)21-11-8-3-9-12(11)22-14(19)15(9,4-8)6-16;1-6(2)12(17)19-5-7(16)20-10-8-9(21-13(10)18)11-14(22-8)24-15(3,4)23-11;1-6(2)13(16)18-5-10(15)19-11-7-3-8-9(4-7)14(17)20-12(8)11;1-5(2)12(15)17-4-8(14)19-10-7-3-6-9(18-7)11(10)20-13(6)16/h8-9,11-12H,1,3-5H2,2H3;8-11,14H,1,5H2,2-4H3;7-9,11-12H,1,3-5H2,2H3;6-7,9-11H,1,3-4H2,2H3. The van der Waals surface area contributed by atoms with E-state index in [2.05, 4.69) is 37.1 Å². The summed E-state index contributed by atoms with van der Waals surface area (Å²) in [6.07, 6.45) is -4.62. The van der Waals surface area contributed by atoms with Gasteiger partial charge in [-0.25, -0.2) is 43.2 Å². The van der Waals surface area contributed by atoms with Crippen LogP contribution in [0.15, 0.2) is 48.6 Å². The van der Waals surface area contributed by atoms with Crippen molar-refractivity contribution < 1.29 is 133 Å². The van der Waals surface area contributed by atoms with E-state index in [1.807, 2.05) is 0 Å². The molecule has 0 amide bonds. The molecule has 12 rings (SSSR count). The maximum absolute atomic E-state index is 11.9. The summed E-state index contributed by atoms with van der Waals surface area (Å²) in [6, 6.07) is 2.08. The van der Waals surface area contributed by atoms with Crippen LogP contribution in [0.3, 0.4) is 0 Å². The molecule has 464 valence electrons. The van der Waals surface area contributed by atoms with Gasteiger partial charge in [-0.2, -0.15) is 5.26 Å². The number of hydrogen-bond donors (Lipinski definition) is 0. The van der Waals surface area contributed by atoms with Crippen LogP contribution in [0.2, 0.25) is 0 Å². The normalized spacial score (nSPS) is 36.6. The van der Waals surface area contributed by atoms with Crippen molar-refractivity contribution in [3.05, 3.63) is 48.6 Å². The molecule has 8 heterocycles. The molecular weight excluding hydrogens is 1150 g/mol. The Hall–Kier alpha value is -8.07. The third kappa shape index (κ3) is 12.3. The van der Waals surface area contributed by atoms with E-state index in [9.17, 15) is 62.8 Å². The summed E-state index contributed by atoms with van der Waals surface area (Å²) in [5.74, 6) is -8.31. The topological polar surface area (TPSA) is 376 Å². The minimum atomic E-state index is -1.26. The van der Waals surface area contributed by atoms with E-state index in [-0.39, 0.29) is 88.1 Å². The van der Waals surface area contributed by atoms with Crippen LogP contribution in [0.25, 0.3) is 0 Å². The van der Waals surface area contributed by atoms with Crippen molar-refractivity contribution in [1.82, 2.24) is 0 Å². The highest BCUT2D eigenvalue weighted by Crippen LogP contribution is 2.62. The highest BCUT2D eigenvalue weighted by molar-refractivity contribution is 5.91. The number of hydrogen-bond acceptors (Lipinski definition) is 29. The lowest BCUT2D eigenvalue weighted by molar-refractivity contribution is -0.217. The number of carbonyl (C=O) groups is 12. The van der Waals surface area contributed by atoms with E-state index < -0.39 is 159 Å². The van der Waals surface area contributed by atoms with Crippen LogP contribution in [-0.2, 0) is 133 Å². The summed E-state index contributed by atoms with van der Waals surface area (Å²) in [5, 5.41) is 9.28. The molecular formula is C57H63NO28. The number of fused-ring (bicyclic) bond motifs is 6. The second kappa shape index (κ2) is 24.4. The van der Waals surface area contributed by atoms with Crippen molar-refractivity contribution in [2.24, 2.45) is 40.9 Å². The molecule has 29 nitrogen and oxygen atoms in total. The first-order valence-electron chi connectivity index (χ1n) is 27.5. The fourth-order valence-electron chi connectivity index (χ4n) is 12.8. The molecule has 8 saturated heterocycles. The maximum Gasteiger partial charge on any atom is 0.350 e. The molecule has 0 spiro atoms. The Balaban J connectivity index is 0.000000137. The Bertz CT molecular complexity index is 2900. The van der Waals surface area contributed by atoms with Gasteiger partial charge in [0.25, 0.3) is 0 Å². The average molecular weight is 1210 g/mol. The molecule has 0 aromatic rings. The van der Waals surface area contributed by atoms with E-state index >= 15 is 0 Å². The number of carbonyl (C=O) groups excluding carboxylic acids is 12. The third-order valence-electron chi connectivity index (χ3n) is 16.5. The van der Waals surface area contributed by atoms with E-state index in [0.717, 1.165) is 12.8 Å². The minimum Gasteiger partial charge on any atom is -0.458 e. The zero-order valence-electron chi connectivity index (χ0n) is 47.5. The lowest BCUT2D eigenvalue weighted by atomic mass is 9.75. The highest BCUT2D eigenvalue weighted by Gasteiger charge is 2.73. The summed E-state index contributed by atoms with van der Waals surface area (Å²) in [7, 11) is 0. The molecule has 29 heteroatoms. The van der Waals surface area contributed by atoms with Gasteiger partial charge in [0.2, 0.25) is 6.10 Å². The van der Waals surface area contributed by atoms with E-state index in [1.165, 1.54) is 27.7 Å². The maximum atomic E-state index is 11.9. The largest absolute Gasteiger partial charge is 0.458 e. The molecule has 0 aromatic heterocycles. The summed E-state index contributed by atoms with van der Waals surface area (Å²) >= 11 is 0. The van der Waals surface area contributed by atoms with Crippen LogP contribution >= 0.6 is 0 Å². The van der Waals surface area contributed by atoms with E-state index in [1.54, 1.807) is 13.8 Å². The lowest BCUT2D eigenvalue weighted by Crippen LogP contribution is -2.40. The molecule has 12 fully saturated rings. The first kappa shape index (κ1) is 62.5. The Morgan fingerprint density at radius 1 is 0.512 bits per heavy atom. The minimum absolute atomic E-state index is 0.0128. The second-order valence-electron chi connectivity index (χ2n) is 23.2. The molecule has 4 saturated carbocycles. The fraction of sp³-hybridized carbons (Fsp3) is 0.632. The smallest absolute Gasteiger partial charge is 0.350 e. The van der Waals surface area contributed by atoms with Crippen LogP contribution in [0.5, 0.6) is 0 Å². The number of esters is 12. The Kier molecular flexibility index (Phi) is 17.7. The van der Waals surface area contributed by atoms with Crippen LogP contribution in [0, 0.1) is 52.3 Å². The van der Waals surface area contributed by atoms with Crippen molar-refractivity contribution in [3.63, 3.8) is 0 Å². The van der Waals surface area contributed by atoms with Gasteiger partial charge < -0.3 is 75.8 Å². The van der Waals surface area contributed by atoms with Crippen LogP contribution < -0.4 is 0 Å². The highest BCUT2D eigenvalue weighted by atomic mass is 16.9. The van der Waals surface area contributed by atoms with Gasteiger partial charge in [0, 0.05) is 46.0 Å². The van der Waals surface area contributed by atoms with E-state index in [4.69, 9.17) is 71.1 Å². The number of ether oxygens (including phenoxy) is 16. The molecule has 0 N–H and O–H groups in total. The molecule has 12 aliphatic rings. The Morgan fingerprint density at radius 2 is 1.00 bits per heavy atom. The Labute approximate surface area is 490 Å². The molecule has 0 aromatic carbocycles. The number of rotatable bonds is 16.